The molecule has 16 heavy (non-hydrogen) atoms. The molecule has 0 saturated heterocycles. The maximum Gasteiger partial charge on any atom is 0.161 e. The number of hydrogen-bond donors (Lipinski definition) is 0. The highest BCUT2D eigenvalue weighted by Crippen LogP contribution is 2.33. The van der Waals surface area contributed by atoms with E-state index in [4.69, 9.17) is 19.5 Å². The topological polar surface area (TPSA) is 51.5 Å². The number of ether oxygens (including phenoxy) is 3. The number of methoxy groups -OCH3 is 1. The molecular weight excluding hydrogens is 206 g/mol. The third-order valence-electron chi connectivity index (χ3n) is 2.43. The van der Waals surface area contributed by atoms with Crippen molar-refractivity contribution >= 4 is 0 Å². The zero-order valence-electron chi connectivity index (χ0n) is 9.16. The van der Waals surface area contributed by atoms with E-state index in [1.165, 1.54) is 0 Å². The first-order valence-electron chi connectivity index (χ1n) is 5.12. The van der Waals surface area contributed by atoms with E-state index in [0.29, 0.717) is 26.2 Å². The maximum absolute atomic E-state index is 8.75. The zero-order chi connectivity index (χ0) is 11.4. The molecule has 0 aliphatic carbocycles. The highest BCUT2D eigenvalue weighted by molar-refractivity contribution is 5.48. The summed E-state index contributed by atoms with van der Waals surface area (Å²) in [5, 5.41) is 8.75. The summed E-state index contributed by atoms with van der Waals surface area (Å²) in [6.45, 7) is 1.60. The van der Waals surface area contributed by atoms with E-state index in [9.17, 15) is 0 Å². The fourth-order valence-electron chi connectivity index (χ4n) is 1.71. The first kappa shape index (κ1) is 10.8. The average Bonchev–Trinajstić information content (AvgIpc) is 2.30. The lowest BCUT2D eigenvalue weighted by atomic mass is 10.0. The predicted molar refractivity (Wildman–Crippen MR) is 57.5 cm³/mol. The van der Waals surface area contributed by atoms with E-state index in [2.05, 4.69) is 6.07 Å². The summed E-state index contributed by atoms with van der Waals surface area (Å²) in [6.07, 6.45) is 0.356. The first-order chi connectivity index (χ1) is 7.85. The highest BCUT2D eigenvalue weighted by atomic mass is 16.6. The second kappa shape index (κ2) is 4.86. The van der Waals surface area contributed by atoms with Crippen LogP contribution in [-0.2, 0) is 17.8 Å². The lowest BCUT2D eigenvalue weighted by Gasteiger charge is -2.20. The summed E-state index contributed by atoms with van der Waals surface area (Å²) in [5.74, 6) is 1.45. The summed E-state index contributed by atoms with van der Waals surface area (Å²) >= 11 is 0. The molecule has 0 spiro atoms. The molecule has 4 nitrogen and oxygen atoms in total. The van der Waals surface area contributed by atoms with E-state index in [1.807, 2.05) is 12.1 Å². The van der Waals surface area contributed by atoms with E-state index in [-0.39, 0.29) is 0 Å². The Hall–Kier alpha value is -1.73. The van der Waals surface area contributed by atoms with E-state index >= 15 is 0 Å². The van der Waals surface area contributed by atoms with E-state index < -0.39 is 0 Å². The van der Waals surface area contributed by atoms with Crippen LogP contribution in [0.4, 0.5) is 0 Å². The van der Waals surface area contributed by atoms with Crippen LogP contribution in [0.25, 0.3) is 0 Å². The standard InChI is InChI=1S/C12H13NO3/c1-14-8-10-7-12-11(15-4-5-16-12)6-9(10)2-3-13/h6-7H,2,4-5,8H2,1H3. The molecule has 2 rings (SSSR count). The molecule has 1 aliphatic rings. The van der Waals surface area contributed by atoms with Crippen molar-refractivity contribution in [1.82, 2.24) is 0 Å². The Bertz CT molecular complexity index is 423. The summed E-state index contributed by atoms with van der Waals surface area (Å²) in [7, 11) is 1.63. The van der Waals surface area contributed by atoms with Crippen molar-refractivity contribution in [3.8, 4) is 17.6 Å². The second-order valence-electron chi connectivity index (χ2n) is 3.53. The molecule has 0 unspecified atom stereocenters. The summed E-state index contributed by atoms with van der Waals surface area (Å²) in [6, 6.07) is 5.90. The van der Waals surface area contributed by atoms with Crippen molar-refractivity contribution in [3.05, 3.63) is 23.3 Å². The number of rotatable bonds is 3. The molecular formula is C12H13NO3. The van der Waals surface area contributed by atoms with Crippen LogP contribution in [-0.4, -0.2) is 20.3 Å². The van der Waals surface area contributed by atoms with Gasteiger partial charge >= 0.3 is 0 Å². The molecule has 0 fully saturated rings. The van der Waals surface area contributed by atoms with Gasteiger partial charge in [0.25, 0.3) is 0 Å². The highest BCUT2D eigenvalue weighted by Gasteiger charge is 2.15. The molecule has 1 aliphatic heterocycles. The number of hydrogen-bond acceptors (Lipinski definition) is 4. The minimum absolute atomic E-state index is 0.356. The quantitative estimate of drug-likeness (QED) is 0.776. The van der Waals surface area contributed by atoms with Gasteiger partial charge in [0.1, 0.15) is 13.2 Å². The van der Waals surface area contributed by atoms with Gasteiger partial charge in [0.2, 0.25) is 0 Å². The zero-order valence-corrected chi connectivity index (χ0v) is 9.16. The van der Waals surface area contributed by atoms with E-state index in [0.717, 1.165) is 22.6 Å². The van der Waals surface area contributed by atoms with Gasteiger partial charge in [-0.1, -0.05) is 0 Å². The van der Waals surface area contributed by atoms with Gasteiger partial charge in [-0.2, -0.15) is 5.26 Å². The van der Waals surface area contributed by atoms with Gasteiger partial charge in [0, 0.05) is 7.11 Å². The molecule has 84 valence electrons. The average molecular weight is 219 g/mol. The van der Waals surface area contributed by atoms with Crippen LogP contribution in [0.2, 0.25) is 0 Å². The van der Waals surface area contributed by atoms with Crippen LogP contribution in [0.1, 0.15) is 11.1 Å². The van der Waals surface area contributed by atoms with Crippen LogP contribution >= 0.6 is 0 Å². The molecule has 0 radical (unpaired) electrons. The Morgan fingerprint density at radius 3 is 2.44 bits per heavy atom. The van der Waals surface area contributed by atoms with Crippen LogP contribution in [0, 0.1) is 11.3 Å². The normalized spacial score (nSPS) is 13.2. The lowest BCUT2D eigenvalue weighted by Crippen LogP contribution is -2.16. The van der Waals surface area contributed by atoms with Crippen LogP contribution in [0.5, 0.6) is 11.5 Å². The molecule has 0 saturated carbocycles. The molecule has 1 aromatic carbocycles. The fourth-order valence-corrected chi connectivity index (χ4v) is 1.71. The Kier molecular flexibility index (Phi) is 3.28. The second-order valence-corrected chi connectivity index (χ2v) is 3.53. The monoisotopic (exact) mass is 219 g/mol. The summed E-state index contributed by atoms with van der Waals surface area (Å²) in [4.78, 5) is 0. The van der Waals surface area contributed by atoms with Gasteiger partial charge in [0.05, 0.1) is 19.1 Å². The molecule has 0 aromatic heterocycles. The van der Waals surface area contributed by atoms with Gasteiger partial charge in [0.15, 0.2) is 11.5 Å². The molecule has 1 heterocycles. The molecule has 4 heteroatoms. The minimum Gasteiger partial charge on any atom is -0.486 e. The minimum atomic E-state index is 0.356. The van der Waals surface area contributed by atoms with Crippen LogP contribution in [0.15, 0.2) is 12.1 Å². The largest absolute Gasteiger partial charge is 0.486 e. The SMILES string of the molecule is COCc1cc2c(cc1CC#N)OCCO2. The first-order valence-corrected chi connectivity index (χ1v) is 5.12. The number of fused-ring (bicyclic) bond motifs is 1. The van der Waals surface area contributed by atoms with Crippen molar-refractivity contribution in [2.75, 3.05) is 20.3 Å². The molecule has 1 aromatic rings. The van der Waals surface area contributed by atoms with Crippen molar-refractivity contribution in [2.24, 2.45) is 0 Å². The van der Waals surface area contributed by atoms with Crippen molar-refractivity contribution in [2.45, 2.75) is 13.0 Å². The fraction of sp³-hybridized carbons (Fsp3) is 0.417. The van der Waals surface area contributed by atoms with Gasteiger partial charge in [-0.05, 0) is 23.3 Å². The third-order valence-corrected chi connectivity index (χ3v) is 2.43. The third kappa shape index (κ3) is 2.10. The lowest BCUT2D eigenvalue weighted by molar-refractivity contribution is 0.167. The Balaban J connectivity index is 2.38. The van der Waals surface area contributed by atoms with Crippen LogP contribution in [0.3, 0.4) is 0 Å². The Morgan fingerprint density at radius 1 is 1.25 bits per heavy atom. The predicted octanol–water partition coefficient (Wildman–Crippen LogP) is 1.67. The molecule has 0 amide bonds. The van der Waals surface area contributed by atoms with Gasteiger partial charge in [-0.15, -0.1) is 0 Å². The molecule has 0 N–H and O–H groups in total. The van der Waals surface area contributed by atoms with Crippen LogP contribution < -0.4 is 9.47 Å². The smallest absolute Gasteiger partial charge is 0.161 e. The van der Waals surface area contributed by atoms with Crippen molar-refractivity contribution in [1.29, 1.82) is 5.26 Å². The van der Waals surface area contributed by atoms with Gasteiger partial charge in [-0.3, -0.25) is 0 Å². The summed E-state index contributed by atoms with van der Waals surface area (Å²) in [5.41, 5.74) is 1.92. The number of benzene rings is 1. The van der Waals surface area contributed by atoms with Crippen molar-refractivity contribution < 1.29 is 14.2 Å². The van der Waals surface area contributed by atoms with Gasteiger partial charge in [-0.25, -0.2) is 0 Å². The summed E-state index contributed by atoms with van der Waals surface area (Å²) < 4.78 is 16.0. The molecule has 0 atom stereocenters. The van der Waals surface area contributed by atoms with Gasteiger partial charge < -0.3 is 14.2 Å². The Morgan fingerprint density at radius 2 is 1.88 bits per heavy atom. The maximum atomic E-state index is 8.75. The van der Waals surface area contributed by atoms with Crippen molar-refractivity contribution in [3.63, 3.8) is 0 Å². The Labute approximate surface area is 94.3 Å². The molecule has 0 bridgehead atoms. The van der Waals surface area contributed by atoms with E-state index in [1.54, 1.807) is 7.11 Å². The number of nitriles is 1. The number of nitrogens with zero attached hydrogens (tertiary/aromatic N) is 1.